The van der Waals surface area contributed by atoms with E-state index in [4.69, 9.17) is 22.9 Å². The third-order valence-electron chi connectivity index (χ3n) is 9.18. The Kier molecular flexibility index (Phi) is 13.0. The van der Waals surface area contributed by atoms with Gasteiger partial charge in [-0.3, -0.25) is 0 Å². The van der Waals surface area contributed by atoms with Crippen LogP contribution in [0.25, 0.3) is 45.0 Å². The van der Waals surface area contributed by atoms with Gasteiger partial charge in [-0.2, -0.15) is 29.9 Å². The summed E-state index contributed by atoms with van der Waals surface area (Å²) in [6, 6.07) is 21.6. The second kappa shape index (κ2) is 18.0. The van der Waals surface area contributed by atoms with Crippen molar-refractivity contribution in [2.45, 2.75) is 104 Å². The van der Waals surface area contributed by atoms with Crippen LogP contribution in [-0.2, 0) is 12.8 Å². The molecule has 8 N–H and O–H groups in total. The van der Waals surface area contributed by atoms with Gasteiger partial charge in [-0.15, -0.1) is 0 Å². The number of aryl methyl sites for hydroxylation is 2. The Morgan fingerprint density at radius 1 is 0.380 bits per heavy atom. The first-order valence-corrected chi connectivity index (χ1v) is 18.3. The summed E-state index contributed by atoms with van der Waals surface area (Å²) in [5, 5.41) is 0. The van der Waals surface area contributed by atoms with E-state index in [1.54, 1.807) is 0 Å². The molecule has 0 unspecified atom stereocenters. The van der Waals surface area contributed by atoms with Crippen LogP contribution in [0.15, 0.2) is 60.7 Å². The predicted octanol–water partition coefficient (Wildman–Crippen LogP) is 8.86. The van der Waals surface area contributed by atoms with Crippen molar-refractivity contribution in [3.05, 3.63) is 71.8 Å². The average molecular weight is 673 g/mol. The Hall–Kier alpha value is -5.12. The van der Waals surface area contributed by atoms with E-state index in [0.29, 0.717) is 11.6 Å². The summed E-state index contributed by atoms with van der Waals surface area (Å²) in [7, 11) is 0. The topological polar surface area (TPSA) is 181 Å². The molecule has 0 saturated heterocycles. The first-order chi connectivity index (χ1) is 24.3. The second-order valence-corrected chi connectivity index (χ2v) is 13.1. The number of benzene rings is 3. The van der Waals surface area contributed by atoms with Gasteiger partial charge in [0.05, 0.1) is 0 Å². The SMILES string of the molecule is CCCCCCCCc1cc(-c2ccc(-c3nc(N)nc(N)n3)cc2)c(CCCCCCCC)cc1-c1ccc(-c2nc(N)nc(N)n2)cc1. The number of nitrogens with two attached hydrogens (primary N) is 4. The summed E-state index contributed by atoms with van der Waals surface area (Å²) >= 11 is 0. The predicted molar refractivity (Wildman–Crippen MR) is 207 cm³/mol. The van der Waals surface area contributed by atoms with Crippen molar-refractivity contribution in [2.24, 2.45) is 0 Å². The molecule has 262 valence electrons. The number of rotatable bonds is 18. The zero-order valence-electron chi connectivity index (χ0n) is 29.7. The third kappa shape index (κ3) is 9.96. The third-order valence-corrected chi connectivity index (χ3v) is 9.18. The van der Waals surface area contributed by atoms with Gasteiger partial charge < -0.3 is 22.9 Å². The molecule has 0 saturated carbocycles. The lowest BCUT2D eigenvalue weighted by molar-refractivity contribution is 0.606. The number of unbranched alkanes of at least 4 members (excludes halogenated alkanes) is 10. The highest BCUT2D eigenvalue weighted by atomic mass is 15.1. The van der Waals surface area contributed by atoms with Gasteiger partial charge in [-0.05, 0) is 59.1 Å². The van der Waals surface area contributed by atoms with Gasteiger partial charge in [0.1, 0.15) is 0 Å². The van der Waals surface area contributed by atoms with Gasteiger partial charge in [0, 0.05) is 11.1 Å². The van der Waals surface area contributed by atoms with Crippen LogP contribution in [-0.4, -0.2) is 29.9 Å². The Balaban J connectivity index is 1.51. The Morgan fingerprint density at radius 2 is 0.680 bits per heavy atom. The van der Waals surface area contributed by atoms with Gasteiger partial charge in [0.15, 0.2) is 11.6 Å². The van der Waals surface area contributed by atoms with Crippen LogP contribution in [0, 0.1) is 0 Å². The normalized spacial score (nSPS) is 11.2. The van der Waals surface area contributed by atoms with Crippen molar-refractivity contribution in [3.63, 3.8) is 0 Å². The fourth-order valence-electron chi connectivity index (χ4n) is 6.51. The molecule has 3 aromatic carbocycles. The summed E-state index contributed by atoms with van der Waals surface area (Å²) in [5.41, 5.74) is 32.7. The summed E-state index contributed by atoms with van der Waals surface area (Å²) in [6.07, 6.45) is 17.0. The van der Waals surface area contributed by atoms with E-state index >= 15 is 0 Å². The highest BCUT2D eigenvalue weighted by Crippen LogP contribution is 2.36. The molecular formula is C40H52N10. The molecule has 10 heteroatoms. The zero-order valence-corrected chi connectivity index (χ0v) is 29.7. The van der Waals surface area contributed by atoms with E-state index in [9.17, 15) is 0 Å². The van der Waals surface area contributed by atoms with E-state index in [2.05, 4.69) is 80.1 Å². The van der Waals surface area contributed by atoms with Gasteiger partial charge in [0.2, 0.25) is 23.8 Å². The highest BCUT2D eigenvalue weighted by Gasteiger charge is 2.15. The molecule has 5 rings (SSSR count). The van der Waals surface area contributed by atoms with Gasteiger partial charge in [-0.25, -0.2) is 0 Å². The van der Waals surface area contributed by atoms with Crippen LogP contribution in [0.1, 0.15) is 102 Å². The van der Waals surface area contributed by atoms with Gasteiger partial charge >= 0.3 is 0 Å². The molecular weight excluding hydrogens is 621 g/mol. The molecule has 2 aromatic heterocycles. The molecule has 0 atom stereocenters. The lowest BCUT2D eigenvalue weighted by atomic mass is 9.86. The number of hydrogen-bond donors (Lipinski definition) is 4. The summed E-state index contributed by atoms with van der Waals surface area (Å²) in [4.78, 5) is 25.0. The minimum atomic E-state index is 0.113. The fraction of sp³-hybridized carbons (Fsp3) is 0.400. The zero-order chi connectivity index (χ0) is 35.3. The van der Waals surface area contributed by atoms with Crippen LogP contribution in [0.5, 0.6) is 0 Å². The molecule has 0 radical (unpaired) electrons. The summed E-state index contributed by atoms with van der Waals surface area (Å²) in [5.74, 6) is 1.40. The molecule has 0 aliphatic rings. The Bertz CT molecular complexity index is 1650. The maximum atomic E-state index is 5.86. The number of aromatic nitrogens is 6. The maximum absolute atomic E-state index is 5.86. The average Bonchev–Trinajstić information content (AvgIpc) is 3.10. The van der Waals surface area contributed by atoms with Gasteiger partial charge in [0.25, 0.3) is 0 Å². The number of nitrogen functional groups attached to an aromatic ring is 4. The van der Waals surface area contributed by atoms with Crippen LogP contribution in [0.4, 0.5) is 23.8 Å². The monoisotopic (exact) mass is 672 g/mol. The van der Waals surface area contributed by atoms with Crippen molar-refractivity contribution in [1.82, 2.24) is 29.9 Å². The smallest absolute Gasteiger partial charge is 0.225 e. The standard InChI is InChI=1S/C40H52N10/c1-3-5-7-9-11-13-15-31-25-34(28-19-23-30(24-20-28)36-47-39(43)50-40(44)48-36)32(16-14-12-10-8-6-4-2)26-33(31)27-17-21-29(22-18-27)35-45-37(41)49-38(42)46-35/h17-26H,3-16H2,1-2H3,(H4,41,42,45,46,49)(H4,43,44,47,48,50). The summed E-state index contributed by atoms with van der Waals surface area (Å²) < 4.78 is 0. The number of hydrogen-bond acceptors (Lipinski definition) is 10. The molecule has 0 aliphatic heterocycles. The van der Waals surface area contributed by atoms with Crippen molar-refractivity contribution in [2.75, 3.05) is 22.9 Å². The van der Waals surface area contributed by atoms with Crippen molar-refractivity contribution in [3.8, 4) is 45.0 Å². The highest BCUT2D eigenvalue weighted by molar-refractivity contribution is 5.79. The molecule has 10 nitrogen and oxygen atoms in total. The minimum Gasteiger partial charge on any atom is -0.368 e. The van der Waals surface area contributed by atoms with Gasteiger partial charge in [-0.1, -0.05) is 139 Å². The van der Waals surface area contributed by atoms with E-state index < -0.39 is 0 Å². The van der Waals surface area contributed by atoms with Crippen LogP contribution < -0.4 is 22.9 Å². The first kappa shape index (κ1) is 36.2. The Labute approximate surface area is 296 Å². The lowest BCUT2D eigenvalue weighted by Crippen LogP contribution is -2.04. The van der Waals surface area contributed by atoms with Crippen molar-refractivity contribution >= 4 is 23.8 Å². The molecule has 0 spiro atoms. The molecule has 2 heterocycles. The molecule has 50 heavy (non-hydrogen) atoms. The van der Waals surface area contributed by atoms with Crippen molar-refractivity contribution in [1.29, 1.82) is 0 Å². The minimum absolute atomic E-state index is 0.113. The first-order valence-electron chi connectivity index (χ1n) is 18.3. The molecule has 0 amide bonds. The lowest BCUT2D eigenvalue weighted by Gasteiger charge is -2.18. The van der Waals surface area contributed by atoms with Crippen LogP contribution in [0.3, 0.4) is 0 Å². The largest absolute Gasteiger partial charge is 0.368 e. The van der Waals surface area contributed by atoms with E-state index in [0.717, 1.165) is 36.8 Å². The molecule has 0 fully saturated rings. The Morgan fingerprint density at radius 3 is 1.02 bits per heavy atom. The summed E-state index contributed by atoms with van der Waals surface area (Å²) in [6.45, 7) is 4.52. The van der Waals surface area contributed by atoms with E-state index in [-0.39, 0.29) is 23.8 Å². The molecule has 5 aromatic rings. The quantitative estimate of drug-likeness (QED) is 0.0656. The second-order valence-electron chi connectivity index (χ2n) is 13.1. The van der Waals surface area contributed by atoms with Crippen molar-refractivity contribution < 1.29 is 0 Å². The number of nitrogens with zero attached hydrogens (tertiary/aromatic N) is 6. The maximum Gasteiger partial charge on any atom is 0.225 e. The molecule has 0 aliphatic carbocycles. The number of anilines is 4. The fourth-order valence-corrected chi connectivity index (χ4v) is 6.51. The van der Waals surface area contributed by atoms with Crippen LogP contribution in [0.2, 0.25) is 0 Å². The van der Waals surface area contributed by atoms with E-state index in [1.807, 2.05) is 24.3 Å². The van der Waals surface area contributed by atoms with E-state index in [1.165, 1.54) is 97.6 Å². The molecule has 0 bridgehead atoms. The van der Waals surface area contributed by atoms with Crippen LogP contribution >= 0.6 is 0 Å².